The number of hydrogen-bond acceptors (Lipinski definition) is 3. The molecule has 0 saturated carbocycles. The van der Waals surface area contributed by atoms with Crippen molar-refractivity contribution in [1.82, 2.24) is 14.6 Å². The van der Waals surface area contributed by atoms with Crippen LogP contribution in [0.2, 0.25) is 0 Å². The molecule has 0 unspecified atom stereocenters. The summed E-state index contributed by atoms with van der Waals surface area (Å²) in [6.07, 6.45) is -1.49. The number of nitrogens with zero attached hydrogens (tertiary/aromatic N) is 3. The van der Waals surface area contributed by atoms with E-state index in [-0.39, 0.29) is 11.2 Å². The minimum atomic E-state index is -4.56. The van der Waals surface area contributed by atoms with E-state index < -0.39 is 11.9 Å². The Labute approximate surface area is 150 Å². The predicted molar refractivity (Wildman–Crippen MR) is 96.2 cm³/mol. The maximum Gasteiger partial charge on any atom is 0.435 e. The second-order valence-corrected chi connectivity index (χ2v) is 6.24. The summed E-state index contributed by atoms with van der Waals surface area (Å²) in [4.78, 5) is 4.35. The van der Waals surface area contributed by atoms with Crippen LogP contribution in [-0.4, -0.2) is 21.1 Å². The van der Waals surface area contributed by atoms with Gasteiger partial charge >= 0.3 is 6.18 Å². The molecule has 0 aliphatic rings. The van der Waals surface area contributed by atoms with E-state index in [2.05, 4.69) is 22.3 Å². The fraction of sp³-hybridized carbons (Fsp3) is 0.368. The lowest BCUT2D eigenvalue weighted by Crippen LogP contribution is -2.10. The highest BCUT2D eigenvalue weighted by atomic mass is 19.4. The number of fused-ring (bicyclic) bond motifs is 1. The van der Waals surface area contributed by atoms with Crippen molar-refractivity contribution in [3.63, 3.8) is 0 Å². The first-order valence-corrected chi connectivity index (χ1v) is 8.68. The summed E-state index contributed by atoms with van der Waals surface area (Å²) in [5.41, 5.74) is 0.393. The van der Waals surface area contributed by atoms with Crippen molar-refractivity contribution < 1.29 is 13.2 Å². The van der Waals surface area contributed by atoms with Gasteiger partial charge in [0, 0.05) is 18.3 Å². The summed E-state index contributed by atoms with van der Waals surface area (Å²) in [6, 6.07) is 10.2. The second kappa shape index (κ2) is 7.35. The van der Waals surface area contributed by atoms with Crippen LogP contribution >= 0.6 is 0 Å². The molecule has 1 N–H and O–H groups in total. The third kappa shape index (κ3) is 3.66. The Balaban J connectivity index is 2.17. The number of halogens is 3. The Morgan fingerprint density at radius 1 is 1.12 bits per heavy atom. The van der Waals surface area contributed by atoms with Gasteiger partial charge in [0.25, 0.3) is 0 Å². The van der Waals surface area contributed by atoms with Crippen molar-refractivity contribution in [2.45, 2.75) is 39.3 Å². The summed E-state index contributed by atoms with van der Waals surface area (Å²) >= 11 is 0. The van der Waals surface area contributed by atoms with E-state index in [0.717, 1.165) is 19.3 Å². The fourth-order valence-electron chi connectivity index (χ4n) is 2.93. The Bertz CT molecular complexity index is 885. The van der Waals surface area contributed by atoms with E-state index in [9.17, 15) is 13.2 Å². The number of aryl methyl sites for hydroxylation is 1. The topological polar surface area (TPSA) is 42.2 Å². The number of hydrogen-bond donors (Lipinski definition) is 1. The second-order valence-electron chi connectivity index (χ2n) is 6.24. The molecule has 2 aromatic heterocycles. The molecule has 3 aromatic rings. The largest absolute Gasteiger partial charge is 0.435 e. The van der Waals surface area contributed by atoms with Gasteiger partial charge in [-0.1, -0.05) is 50.1 Å². The number of aromatic nitrogens is 3. The molecule has 2 heterocycles. The van der Waals surface area contributed by atoms with Crippen LogP contribution in [-0.2, 0) is 6.18 Å². The van der Waals surface area contributed by atoms with Crippen LogP contribution in [0.3, 0.4) is 0 Å². The third-order valence-electron chi connectivity index (χ3n) is 4.13. The molecule has 0 aliphatic heterocycles. The lowest BCUT2D eigenvalue weighted by atomic mass is 10.1. The Hall–Kier alpha value is -2.57. The third-order valence-corrected chi connectivity index (χ3v) is 4.13. The molecular weight excluding hydrogens is 341 g/mol. The van der Waals surface area contributed by atoms with E-state index in [4.69, 9.17) is 0 Å². The summed E-state index contributed by atoms with van der Waals surface area (Å²) in [5.74, 6) is 0.524. The molecule has 7 heteroatoms. The molecule has 0 bridgehead atoms. The molecule has 0 saturated heterocycles. The highest BCUT2D eigenvalue weighted by molar-refractivity contribution is 5.81. The number of alkyl halides is 3. The Morgan fingerprint density at radius 3 is 2.50 bits per heavy atom. The van der Waals surface area contributed by atoms with E-state index >= 15 is 0 Å². The van der Waals surface area contributed by atoms with Gasteiger partial charge in [-0.15, -0.1) is 0 Å². The first-order chi connectivity index (χ1) is 12.4. The number of benzene rings is 1. The van der Waals surface area contributed by atoms with Gasteiger partial charge in [-0.05, 0) is 18.9 Å². The smallest absolute Gasteiger partial charge is 0.370 e. The molecule has 3 rings (SSSR count). The molecule has 0 amide bonds. The zero-order valence-corrected chi connectivity index (χ0v) is 14.8. The first-order valence-electron chi connectivity index (χ1n) is 8.68. The van der Waals surface area contributed by atoms with Gasteiger partial charge in [0.2, 0.25) is 0 Å². The molecule has 1 aromatic carbocycles. The van der Waals surface area contributed by atoms with Crippen molar-refractivity contribution in [2.75, 3.05) is 11.9 Å². The highest BCUT2D eigenvalue weighted by Gasteiger charge is 2.39. The van der Waals surface area contributed by atoms with E-state index in [1.807, 2.05) is 0 Å². The van der Waals surface area contributed by atoms with Crippen LogP contribution in [0.1, 0.15) is 37.6 Å². The first kappa shape index (κ1) is 18.2. The van der Waals surface area contributed by atoms with Crippen LogP contribution in [0.25, 0.3) is 16.8 Å². The van der Waals surface area contributed by atoms with Gasteiger partial charge < -0.3 is 5.32 Å². The fourth-order valence-corrected chi connectivity index (χ4v) is 2.93. The van der Waals surface area contributed by atoms with Crippen LogP contribution < -0.4 is 5.32 Å². The zero-order valence-electron chi connectivity index (χ0n) is 14.8. The average molecular weight is 362 g/mol. The molecule has 0 fully saturated rings. The Kier molecular flexibility index (Phi) is 5.15. The maximum atomic E-state index is 13.6. The van der Waals surface area contributed by atoms with Crippen molar-refractivity contribution in [3.05, 3.63) is 47.8 Å². The number of nitrogens with one attached hydrogen (secondary N) is 1. The predicted octanol–water partition coefficient (Wildman–Crippen LogP) is 5.33. The van der Waals surface area contributed by atoms with Gasteiger partial charge in [-0.3, -0.25) is 0 Å². The standard InChI is InChI=1S/C19H21F3N4/c1-3-4-8-11-23-15-12-13(2)24-18-16(14-9-6-5-7-10-14)17(19(20,21)22)25-26(15)18/h5-7,9-10,12,23H,3-4,8,11H2,1-2H3. The van der Waals surface area contributed by atoms with Crippen LogP contribution in [0, 0.1) is 6.92 Å². The zero-order chi connectivity index (χ0) is 18.7. The van der Waals surface area contributed by atoms with Gasteiger partial charge in [0.1, 0.15) is 5.82 Å². The van der Waals surface area contributed by atoms with Gasteiger partial charge in [-0.2, -0.15) is 22.8 Å². The van der Waals surface area contributed by atoms with E-state index in [1.54, 1.807) is 43.3 Å². The molecule has 26 heavy (non-hydrogen) atoms. The van der Waals surface area contributed by atoms with Crippen LogP contribution in [0.5, 0.6) is 0 Å². The van der Waals surface area contributed by atoms with Crippen molar-refractivity contribution in [2.24, 2.45) is 0 Å². The quantitative estimate of drug-likeness (QED) is 0.603. The van der Waals surface area contributed by atoms with E-state index in [1.165, 1.54) is 4.52 Å². The monoisotopic (exact) mass is 362 g/mol. The number of unbranched alkanes of at least 4 members (excludes halogenated alkanes) is 2. The lowest BCUT2D eigenvalue weighted by Gasteiger charge is -2.09. The number of rotatable bonds is 6. The molecule has 0 spiro atoms. The average Bonchev–Trinajstić information content (AvgIpc) is 2.99. The molecule has 0 aliphatic carbocycles. The Morgan fingerprint density at radius 2 is 1.85 bits per heavy atom. The number of anilines is 1. The van der Waals surface area contributed by atoms with Gasteiger partial charge in [0.05, 0.1) is 5.56 Å². The summed E-state index contributed by atoms with van der Waals surface area (Å²) in [5, 5.41) is 7.07. The van der Waals surface area contributed by atoms with Crippen LogP contribution in [0.15, 0.2) is 36.4 Å². The van der Waals surface area contributed by atoms with Crippen molar-refractivity contribution in [1.29, 1.82) is 0 Å². The highest BCUT2D eigenvalue weighted by Crippen LogP contribution is 2.39. The van der Waals surface area contributed by atoms with Crippen molar-refractivity contribution >= 4 is 11.5 Å². The molecular formula is C19H21F3N4. The molecule has 138 valence electrons. The molecule has 4 nitrogen and oxygen atoms in total. The van der Waals surface area contributed by atoms with Crippen LogP contribution in [0.4, 0.5) is 19.0 Å². The lowest BCUT2D eigenvalue weighted by molar-refractivity contribution is -0.140. The molecule has 0 atom stereocenters. The summed E-state index contributed by atoms with van der Waals surface area (Å²) < 4.78 is 42.2. The van der Waals surface area contributed by atoms with Crippen molar-refractivity contribution in [3.8, 4) is 11.1 Å². The van der Waals surface area contributed by atoms with Gasteiger partial charge in [0.15, 0.2) is 11.3 Å². The minimum absolute atomic E-state index is 0.0124. The summed E-state index contributed by atoms with van der Waals surface area (Å²) in [6.45, 7) is 4.55. The molecule has 0 radical (unpaired) electrons. The van der Waals surface area contributed by atoms with Gasteiger partial charge in [-0.25, -0.2) is 4.98 Å². The van der Waals surface area contributed by atoms with E-state index in [0.29, 0.717) is 23.6 Å². The summed E-state index contributed by atoms with van der Waals surface area (Å²) in [7, 11) is 0. The normalized spacial score (nSPS) is 11.9. The minimum Gasteiger partial charge on any atom is -0.370 e. The maximum absolute atomic E-state index is 13.6. The SMILES string of the molecule is CCCCCNc1cc(C)nc2c(-c3ccccc3)c(C(F)(F)F)nn12.